The summed E-state index contributed by atoms with van der Waals surface area (Å²) in [7, 11) is 0. The Balaban J connectivity index is 1.95. The van der Waals surface area contributed by atoms with Crippen molar-refractivity contribution in [2.75, 3.05) is 6.61 Å². The van der Waals surface area contributed by atoms with Crippen LogP contribution in [-0.4, -0.2) is 25.9 Å². The van der Waals surface area contributed by atoms with Gasteiger partial charge in [-0.05, 0) is 29.8 Å². The van der Waals surface area contributed by atoms with E-state index in [1.165, 1.54) is 9.08 Å². The van der Waals surface area contributed by atoms with Gasteiger partial charge in [-0.15, -0.1) is 5.10 Å². The molecule has 3 aromatic rings. The van der Waals surface area contributed by atoms with E-state index in [4.69, 9.17) is 5.11 Å². The Hall–Kier alpha value is -2.84. The van der Waals surface area contributed by atoms with Crippen LogP contribution >= 0.6 is 0 Å². The molecular formula is C16H13N3O2. The smallest absolute Gasteiger partial charge is 0.350 e. The third-order valence-electron chi connectivity index (χ3n) is 3.06. The van der Waals surface area contributed by atoms with E-state index in [1.807, 2.05) is 30.3 Å². The molecule has 0 saturated heterocycles. The minimum atomic E-state index is -0.171. The standard InChI is InChI=1S/C16H13N3O2/c20-10-4-7-13-5-3-6-14(11-13)12-19-16(21)18-9-2-1-8-15(18)17-19/h1-3,5-6,8-9,11,20H,10,12H2. The van der Waals surface area contributed by atoms with E-state index in [1.54, 1.807) is 18.3 Å². The second kappa shape index (κ2) is 5.65. The fourth-order valence-corrected chi connectivity index (χ4v) is 2.13. The molecule has 104 valence electrons. The molecule has 2 heterocycles. The molecule has 5 nitrogen and oxygen atoms in total. The highest BCUT2D eigenvalue weighted by molar-refractivity contribution is 5.38. The zero-order chi connectivity index (χ0) is 14.7. The van der Waals surface area contributed by atoms with Gasteiger partial charge in [-0.2, -0.15) is 0 Å². The summed E-state index contributed by atoms with van der Waals surface area (Å²) < 4.78 is 2.93. The topological polar surface area (TPSA) is 59.5 Å². The average Bonchev–Trinajstić information content (AvgIpc) is 2.82. The molecule has 5 heteroatoms. The number of hydrogen-bond acceptors (Lipinski definition) is 3. The lowest BCUT2D eigenvalue weighted by Crippen LogP contribution is -2.21. The zero-order valence-electron chi connectivity index (χ0n) is 11.2. The zero-order valence-corrected chi connectivity index (χ0v) is 11.2. The summed E-state index contributed by atoms with van der Waals surface area (Å²) in [6, 6.07) is 13.0. The first-order valence-electron chi connectivity index (χ1n) is 6.51. The maximum absolute atomic E-state index is 12.2. The summed E-state index contributed by atoms with van der Waals surface area (Å²) in [5, 5.41) is 13.0. The van der Waals surface area contributed by atoms with Crippen molar-refractivity contribution in [3.8, 4) is 11.8 Å². The molecule has 0 bridgehead atoms. The predicted molar refractivity (Wildman–Crippen MR) is 79.0 cm³/mol. The summed E-state index contributed by atoms with van der Waals surface area (Å²) >= 11 is 0. The van der Waals surface area contributed by atoms with Crippen LogP contribution in [0.5, 0.6) is 0 Å². The Morgan fingerprint density at radius 1 is 1.19 bits per heavy atom. The van der Waals surface area contributed by atoms with Crippen LogP contribution in [0, 0.1) is 11.8 Å². The molecule has 0 aliphatic carbocycles. The number of fused-ring (bicyclic) bond motifs is 1. The summed E-state index contributed by atoms with van der Waals surface area (Å²) in [4.78, 5) is 12.2. The minimum Gasteiger partial charge on any atom is -0.384 e. The molecule has 2 aromatic heterocycles. The third-order valence-corrected chi connectivity index (χ3v) is 3.06. The van der Waals surface area contributed by atoms with Gasteiger partial charge in [0.2, 0.25) is 0 Å². The Bertz CT molecular complexity index is 897. The number of benzene rings is 1. The maximum Gasteiger partial charge on any atom is 0.350 e. The van der Waals surface area contributed by atoms with Crippen LogP contribution in [-0.2, 0) is 6.54 Å². The van der Waals surface area contributed by atoms with Crippen LogP contribution in [0.2, 0.25) is 0 Å². The van der Waals surface area contributed by atoms with Crippen molar-refractivity contribution in [3.63, 3.8) is 0 Å². The summed E-state index contributed by atoms with van der Waals surface area (Å²) in [5.41, 5.74) is 2.19. The summed E-state index contributed by atoms with van der Waals surface area (Å²) in [6.07, 6.45) is 1.70. The molecule has 0 aliphatic rings. The van der Waals surface area contributed by atoms with E-state index in [0.717, 1.165) is 11.1 Å². The van der Waals surface area contributed by atoms with Gasteiger partial charge in [0.25, 0.3) is 0 Å². The first-order valence-corrected chi connectivity index (χ1v) is 6.51. The first-order chi connectivity index (χ1) is 10.3. The molecule has 0 amide bonds. The van der Waals surface area contributed by atoms with Crippen molar-refractivity contribution in [3.05, 3.63) is 70.3 Å². The Labute approximate surface area is 121 Å². The molecule has 0 atom stereocenters. The van der Waals surface area contributed by atoms with Crippen molar-refractivity contribution in [2.45, 2.75) is 6.54 Å². The van der Waals surface area contributed by atoms with E-state index in [0.29, 0.717) is 12.2 Å². The van der Waals surface area contributed by atoms with E-state index in [2.05, 4.69) is 16.9 Å². The molecular weight excluding hydrogens is 266 g/mol. The highest BCUT2D eigenvalue weighted by Crippen LogP contribution is 2.06. The normalized spacial score (nSPS) is 10.3. The Morgan fingerprint density at radius 3 is 2.90 bits per heavy atom. The average molecular weight is 279 g/mol. The van der Waals surface area contributed by atoms with Crippen LogP contribution in [0.3, 0.4) is 0 Å². The minimum absolute atomic E-state index is 0.169. The fourth-order valence-electron chi connectivity index (χ4n) is 2.13. The molecule has 21 heavy (non-hydrogen) atoms. The SMILES string of the molecule is O=c1n(Cc2cccc(C#CCO)c2)nc2ccccn12. The van der Waals surface area contributed by atoms with Crippen molar-refractivity contribution in [1.29, 1.82) is 0 Å². The van der Waals surface area contributed by atoms with Crippen LogP contribution in [0.15, 0.2) is 53.5 Å². The highest BCUT2D eigenvalue weighted by Gasteiger charge is 2.06. The molecule has 3 rings (SSSR count). The van der Waals surface area contributed by atoms with Crippen molar-refractivity contribution in [2.24, 2.45) is 0 Å². The Morgan fingerprint density at radius 2 is 2.10 bits per heavy atom. The number of hydrogen-bond donors (Lipinski definition) is 1. The third kappa shape index (κ3) is 2.71. The van der Waals surface area contributed by atoms with E-state index >= 15 is 0 Å². The van der Waals surface area contributed by atoms with Crippen LogP contribution < -0.4 is 5.69 Å². The molecule has 0 spiro atoms. The lowest BCUT2D eigenvalue weighted by atomic mass is 10.1. The van der Waals surface area contributed by atoms with Gasteiger partial charge in [-0.25, -0.2) is 9.48 Å². The number of aliphatic hydroxyl groups excluding tert-OH is 1. The van der Waals surface area contributed by atoms with Crippen molar-refractivity contribution < 1.29 is 5.11 Å². The van der Waals surface area contributed by atoms with E-state index in [-0.39, 0.29) is 12.3 Å². The van der Waals surface area contributed by atoms with Gasteiger partial charge in [0, 0.05) is 11.8 Å². The predicted octanol–water partition coefficient (Wildman–Crippen LogP) is 0.888. The van der Waals surface area contributed by atoms with Gasteiger partial charge >= 0.3 is 5.69 Å². The number of rotatable bonds is 2. The first kappa shape index (κ1) is 13.2. The van der Waals surface area contributed by atoms with Crippen LogP contribution in [0.4, 0.5) is 0 Å². The highest BCUT2D eigenvalue weighted by atomic mass is 16.2. The quantitative estimate of drug-likeness (QED) is 0.709. The van der Waals surface area contributed by atoms with Crippen molar-refractivity contribution >= 4 is 5.65 Å². The number of pyridine rings is 1. The lowest BCUT2D eigenvalue weighted by Gasteiger charge is -2.00. The molecule has 0 radical (unpaired) electrons. The summed E-state index contributed by atoms with van der Waals surface area (Å²) in [5.74, 6) is 5.45. The van der Waals surface area contributed by atoms with Gasteiger partial charge < -0.3 is 5.11 Å². The second-order valence-corrected chi connectivity index (χ2v) is 4.53. The van der Waals surface area contributed by atoms with Crippen LogP contribution in [0.1, 0.15) is 11.1 Å². The number of aromatic nitrogens is 3. The fraction of sp³-hybridized carbons (Fsp3) is 0.125. The molecule has 1 N–H and O–H groups in total. The molecule has 0 saturated carbocycles. The van der Waals surface area contributed by atoms with Gasteiger partial charge in [-0.1, -0.05) is 30.0 Å². The molecule has 0 fully saturated rings. The molecule has 0 aliphatic heterocycles. The largest absolute Gasteiger partial charge is 0.384 e. The molecule has 1 aromatic carbocycles. The monoisotopic (exact) mass is 279 g/mol. The lowest BCUT2D eigenvalue weighted by molar-refractivity contribution is 0.350. The number of aliphatic hydroxyl groups is 1. The van der Waals surface area contributed by atoms with E-state index in [9.17, 15) is 4.79 Å². The molecule has 0 unspecified atom stereocenters. The van der Waals surface area contributed by atoms with Gasteiger partial charge in [0.15, 0.2) is 5.65 Å². The van der Waals surface area contributed by atoms with Gasteiger partial charge in [-0.3, -0.25) is 4.40 Å². The number of nitrogens with zero attached hydrogens (tertiary/aromatic N) is 3. The van der Waals surface area contributed by atoms with Crippen LogP contribution in [0.25, 0.3) is 5.65 Å². The second-order valence-electron chi connectivity index (χ2n) is 4.53. The maximum atomic E-state index is 12.2. The summed E-state index contributed by atoms with van der Waals surface area (Å²) in [6.45, 7) is 0.214. The van der Waals surface area contributed by atoms with Gasteiger partial charge in [0.05, 0.1) is 6.54 Å². The van der Waals surface area contributed by atoms with Gasteiger partial charge in [0.1, 0.15) is 6.61 Å². The van der Waals surface area contributed by atoms with Crippen molar-refractivity contribution in [1.82, 2.24) is 14.2 Å². The Kier molecular flexibility index (Phi) is 3.54. The van der Waals surface area contributed by atoms with E-state index < -0.39 is 0 Å².